The van der Waals surface area contributed by atoms with Crippen molar-refractivity contribution in [2.24, 2.45) is 0 Å². The van der Waals surface area contributed by atoms with Gasteiger partial charge in [-0.05, 0) is 18.2 Å². The van der Waals surface area contributed by atoms with Crippen LogP contribution in [0.25, 0.3) is 0 Å². The summed E-state index contributed by atoms with van der Waals surface area (Å²) in [7, 11) is 0. The minimum atomic E-state index is -0.414. The Balaban J connectivity index is 2.15. The predicted octanol–water partition coefficient (Wildman–Crippen LogP) is 3.25. The minimum Gasteiger partial charge on any atom is -0.453 e. The lowest BCUT2D eigenvalue weighted by Gasteiger charge is -2.17. The fraction of sp³-hybridized carbons (Fsp3) is 0. The van der Waals surface area contributed by atoms with Gasteiger partial charge in [0.25, 0.3) is 5.69 Å². The van der Waals surface area contributed by atoms with E-state index >= 15 is 0 Å². The quantitative estimate of drug-likeness (QED) is 0.487. The van der Waals surface area contributed by atoms with Crippen molar-refractivity contribution < 1.29 is 9.66 Å². The lowest BCUT2D eigenvalue weighted by Crippen LogP contribution is -1.99. The molecule has 1 aliphatic heterocycles. The van der Waals surface area contributed by atoms with Gasteiger partial charge in [-0.25, -0.2) is 4.98 Å². The van der Waals surface area contributed by atoms with E-state index in [0.29, 0.717) is 21.4 Å². The van der Waals surface area contributed by atoms with Gasteiger partial charge < -0.3 is 4.74 Å². The van der Waals surface area contributed by atoms with Crippen molar-refractivity contribution in [3.63, 3.8) is 0 Å². The maximum Gasteiger partial charge on any atom is 0.287 e. The molecule has 0 atom stereocenters. The first-order valence-electron chi connectivity index (χ1n) is 4.84. The Morgan fingerprint density at radius 2 is 2.06 bits per heavy atom. The Morgan fingerprint density at radius 1 is 1.24 bits per heavy atom. The fourth-order valence-electron chi connectivity index (χ4n) is 1.58. The molecule has 0 saturated carbocycles. The summed E-state index contributed by atoms with van der Waals surface area (Å²) < 4.78 is 5.58. The molecule has 6 heteroatoms. The summed E-state index contributed by atoms with van der Waals surface area (Å²) >= 11 is 1.26. The number of fused-ring (bicyclic) bond motifs is 2. The summed E-state index contributed by atoms with van der Waals surface area (Å²) in [6.45, 7) is 0. The summed E-state index contributed by atoms with van der Waals surface area (Å²) in [5, 5.41) is 11.5. The van der Waals surface area contributed by atoms with Gasteiger partial charge in [0.2, 0.25) is 0 Å². The molecular formula is C11H6N2O3S. The summed E-state index contributed by atoms with van der Waals surface area (Å²) in [6.07, 6.45) is 1.63. The van der Waals surface area contributed by atoms with E-state index in [1.54, 1.807) is 30.5 Å². The standard InChI is InChI=1S/C11H6N2O3S/c14-13(15)7-3-1-4-8-10(7)17-11-9(16-8)5-2-6-12-11/h1-6H. The molecule has 2 aromatic rings. The Hall–Kier alpha value is -2.08. The van der Waals surface area contributed by atoms with Crippen LogP contribution in [0.4, 0.5) is 5.69 Å². The maximum absolute atomic E-state index is 10.9. The molecule has 2 heterocycles. The lowest BCUT2D eigenvalue weighted by molar-refractivity contribution is -0.387. The number of benzene rings is 1. The highest BCUT2D eigenvalue weighted by molar-refractivity contribution is 7.99. The number of nitro groups is 1. The third kappa shape index (κ3) is 1.62. The molecule has 3 rings (SSSR count). The third-order valence-electron chi connectivity index (χ3n) is 2.31. The first kappa shape index (κ1) is 10.1. The number of nitro benzene ring substituents is 1. The second-order valence-electron chi connectivity index (χ2n) is 3.37. The highest BCUT2D eigenvalue weighted by Gasteiger charge is 2.26. The normalized spacial score (nSPS) is 12.2. The highest BCUT2D eigenvalue weighted by Crippen LogP contribution is 2.49. The number of nitrogens with zero attached hydrogens (tertiary/aromatic N) is 2. The van der Waals surface area contributed by atoms with Crippen LogP contribution in [0.3, 0.4) is 0 Å². The molecule has 84 valence electrons. The lowest BCUT2D eigenvalue weighted by atomic mass is 10.3. The topological polar surface area (TPSA) is 65.3 Å². The molecule has 1 aliphatic rings. The summed E-state index contributed by atoms with van der Waals surface area (Å²) in [5.74, 6) is 1.13. The van der Waals surface area contributed by atoms with Gasteiger partial charge in [-0.15, -0.1) is 0 Å². The van der Waals surface area contributed by atoms with Gasteiger partial charge in [0.05, 0.1) is 4.92 Å². The van der Waals surface area contributed by atoms with Crippen molar-refractivity contribution in [3.8, 4) is 11.5 Å². The van der Waals surface area contributed by atoms with Crippen molar-refractivity contribution >= 4 is 17.4 Å². The predicted molar refractivity (Wildman–Crippen MR) is 61.5 cm³/mol. The van der Waals surface area contributed by atoms with Crippen molar-refractivity contribution in [2.45, 2.75) is 9.92 Å². The molecule has 17 heavy (non-hydrogen) atoms. The monoisotopic (exact) mass is 246 g/mol. The largest absolute Gasteiger partial charge is 0.453 e. The van der Waals surface area contributed by atoms with Gasteiger partial charge >= 0.3 is 0 Å². The van der Waals surface area contributed by atoms with E-state index in [2.05, 4.69) is 4.98 Å². The van der Waals surface area contributed by atoms with Gasteiger partial charge in [-0.2, -0.15) is 0 Å². The average molecular weight is 246 g/mol. The van der Waals surface area contributed by atoms with Crippen LogP contribution < -0.4 is 4.74 Å². The van der Waals surface area contributed by atoms with Crippen LogP contribution in [0, 0.1) is 10.1 Å². The second-order valence-corrected chi connectivity index (χ2v) is 4.37. The van der Waals surface area contributed by atoms with Crippen molar-refractivity contribution in [1.29, 1.82) is 0 Å². The number of hydrogen-bond donors (Lipinski definition) is 0. The smallest absolute Gasteiger partial charge is 0.287 e. The van der Waals surface area contributed by atoms with Crippen LogP contribution in [-0.4, -0.2) is 9.91 Å². The summed E-state index contributed by atoms with van der Waals surface area (Å²) in [5.41, 5.74) is 0.0452. The van der Waals surface area contributed by atoms with Gasteiger partial charge in [0.15, 0.2) is 5.75 Å². The Labute approximate surface area is 101 Å². The zero-order chi connectivity index (χ0) is 11.8. The van der Waals surface area contributed by atoms with Gasteiger partial charge in [0.1, 0.15) is 15.7 Å². The van der Waals surface area contributed by atoms with Crippen LogP contribution in [0.5, 0.6) is 11.5 Å². The zero-order valence-electron chi connectivity index (χ0n) is 8.49. The van der Waals surface area contributed by atoms with E-state index in [1.165, 1.54) is 17.8 Å². The van der Waals surface area contributed by atoms with Crippen LogP contribution in [0.2, 0.25) is 0 Å². The Bertz CT molecular complexity index is 615. The molecule has 0 saturated heterocycles. The molecule has 0 spiro atoms. The molecule has 1 aromatic carbocycles. The van der Waals surface area contributed by atoms with E-state index < -0.39 is 4.92 Å². The zero-order valence-corrected chi connectivity index (χ0v) is 9.31. The van der Waals surface area contributed by atoms with Crippen molar-refractivity contribution in [2.75, 3.05) is 0 Å². The number of hydrogen-bond acceptors (Lipinski definition) is 5. The number of rotatable bonds is 1. The van der Waals surface area contributed by atoms with Crippen LogP contribution in [-0.2, 0) is 0 Å². The van der Waals surface area contributed by atoms with Crippen molar-refractivity contribution in [1.82, 2.24) is 4.98 Å². The number of pyridine rings is 1. The number of aromatic nitrogens is 1. The molecule has 0 N–H and O–H groups in total. The summed E-state index contributed by atoms with van der Waals surface area (Å²) in [6, 6.07) is 8.34. The van der Waals surface area contributed by atoms with E-state index in [-0.39, 0.29) is 5.69 Å². The Morgan fingerprint density at radius 3 is 2.88 bits per heavy atom. The first-order chi connectivity index (χ1) is 8.25. The van der Waals surface area contributed by atoms with Crippen LogP contribution in [0.15, 0.2) is 46.5 Å². The molecule has 0 radical (unpaired) electrons. The molecule has 0 fully saturated rings. The van der Waals surface area contributed by atoms with E-state index in [4.69, 9.17) is 4.74 Å². The number of ether oxygens (including phenoxy) is 1. The second kappa shape index (κ2) is 3.74. The average Bonchev–Trinajstić information content (AvgIpc) is 2.35. The summed E-state index contributed by atoms with van der Waals surface area (Å²) in [4.78, 5) is 15.1. The molecular weight excluding hydrogens is 240 g/mol. The SMILES string of the molecule is O=[N+]([O-])c1cccc2c1Sc1ncccc1O2. The fourth-order valence-corrected chi connectivity index (χ4v) is 2.55. The van der Waals surface area contributed by atoms with Crippen LogP contribution >= 0.6 is 11.8 Å². The Kier molecular flexibility index (Phi) is 2.22. The van der Waals surface area contributed by atoms with Gasteiger partial charge in [0, 0.05) is 12.3 Å². The third-order valence-corrected chi connectivity index (χ3v) is 3.42. The minimum absolute atomic E-state index is 0.0452. The highest BCUT2D eigenvalue weighted by atomic mass is 32.2. The molecule has 0 unspecified atom stereocenters. The van der Waals surface area contributed by atoms with E-state index in [0.717, 1.165) is 0 Å². The molecule has 0 bridgehead atoms. The van der Waals surface area contributed by atoms with E-state index in [1.807, 2.05) is 0 Å². The molecule has 1 aromatic heterocycles. The maximum atomic E-state index is 10.9. The van der Waals surface area contributed by atoms with E-state index in [9.17, 15) is 10.1 Å². The first-order valence-corrected chi connectivity index (χ1v) is 5.65. The van der Waals surface area contributed by atoms with Crippen LogP contribution in [0.1, 0.15) is 0 Å². The van der Waals surface area contributed by atoms with Crippen molar-refractivity contribution in [3.05, 3.63) is 46.6 Å². The molecule has 5 nitrogen and oxygen atoms in total. The van der Waals surface area contributed by atoms with Gasteiger partial charge in [-0.3, -0.25) is 10.1 Å². The molecule has 0 amide bonds. The molecule has 0 aliphatic carbocycles. The van der Waals surface area contributed by atoms with Gasteiger partial charge in [-0.1, -0.05) is 17.8 Å².